The number of thiophene rings is 1. The molecule has 6 heteroatoms. The monoisotopic (exact) mass is 280 g/mol. The van der Waals surface area contributed by atoms with E-state index in [2.05, 4.69) is 27.8 Å². The van der Waals surface area contributed by atoms with E-state index in [1.54, 1.807) is 40.6 Å². The van der Waals surface area contributed by atoms with Gasteiger partial charge in [-0.15, -0.1) is 34.4 Å². The highest BCUT2D eigenvalue weighted by atomic mass is 32.2. The number of nitrogens with zero attached hydrogens (tertiary/aromatic N) is 2. The summed E-state index contributed by atoms with van der Waals surface area (Å²) >= 11 is 5.13. The molecule has 3 rings (SSSR count). The van der Waals surface area contributed by atoms with Crippen LogP contribution in [0.5, 0.6) is 0 Å². The molecular formula is C11H8N2OS3. The summed E-state index contributed by atoms with van der Waals surface area (Å²) in [6.07, 6.45) is 3.71. The molecule has 0 aliphatic heterocycles. The van der Waals surface area contributed by atoms with E-state index in [0.29, 0.717) is 5.76 Å². The van der Waals surface area contributed by atoms with Gasteiger partial charge in [-0.25, -0.2) is 4.98 Å². The Morgan fingerprint density at radius 2 is 2.24 bits per heavy atom. The minimum absolute atomic E-state index is 0.716. The second-order valence-corrected chi connectivity index (χ2v) is 6.09. The van der Waals surface area contributed by atoms with Crippen molar-refractivity contribution < 1.29 is 4.52 Å². The third-order valence-electron chi connectivity index (χ3n) is 2.24. The average molecular weight is 280 g/mol. The Balaban J connectivity index is 2.01. The van der Waals surface area contributed by atoms with Gasteiger partial charge in [0.1, 0.15) is 10.7 Å². The molecule has 0 radical (unpaired) electrons. The van der Waals surface area contributed by atoms with Crippen LogP contribution in [0.1, 0.15) is 0 Å². The molecule has 0 bridgehead atoms. The van der Waals surface area contributed by atoms with Gasteiger partial charge in [0, 0.05) is 17.0 Å². The highest BCUT2D eigenvalue weighted by Crippen LogP contribution is 2.37. The summed E-state index contributed by atoms with van der Waals surface area (Å²) in [6, 6.07) is 3.93. The molecule has 0 aliphatic rings. The number of thioether (sulfide) groups is 1. The lowest BCUT2D eigenvalue weighted by Crippen LogP contribution is -1.76. The Kier molecular flexibility index (Phi) is 3.00. The average Bonchev–Trinajstić information content (AvgIpc) is 3.09. The fraction of sp³-hybridized carbons (Fsp3) is 0.0909. The topological polar surface area (TPSA) is 38.9 Å². The molecular weight excluding hydrogens is 272 g/mol. The zero-order valence-electron chi connectivity index (χ0n) is 8.91. The van der Waals surface area contributed by atoms with Gasteiger partial charge >= 0.3 is 0 Å². The number of thiazole rings is 1. The minimum Gasteiger partial charge on any atom is -0.355 e. The van der Waals surface area contributed by atoms with E-state index in [-0.39, 0.29) is 0 Å². The summed E-state index contributed by atoms with van der Waals surface area (Å²) in [5, 5.41) is 8.81. The third kappa shape index (κ3) is 2.03. The minimum atomic E-state index is 0.716. The maximum absolute atomic E-state index is 5.10. The Morgan fingerprint density at radius 3 is 3.00 bits per heavy atom. The molecule has 0 fully saturated rings. The number of hydrogen-bond acceptors (Lipinski definition) is 6. The van der Waals surface area contributed by atoms with E-state index < -0.39 is 0 Å². The number of rotatable bonds is 3. The summed E-state index contributed by atoms with van der Waals surface area (Å²) in [5.74, 6) is 0.716. The molecule has 0 aromatic carbocycles. The molecule has 17 heavy (non-hydrogen) atoms. The highest BCUT2D eigenvalue weighted by Gasteiger charge is 2.12. The zero-order valence-corrected chi connectivity index (χ0v) is 11.4. The van der Waals surface area contributed by atoms with Crippen LogP contribution in [0.2, 0.25) is 0 Å². The van der Waals surface area contributed by atoms with Gasteiger partial charge < -0.3 is 4.52 Å². The summed E-state index contributed by atoms with van der Waals surface area (Å²) < 4.78 is 6.39. The van der Waals surface area contributed by atoms with Gasteiger partial charge in [-0.05, 0) is 17.7 Å². The second-order valence-electron chi connectivity index (χ2n) is 3.24. The molecule has 0 saturated heterocycles. The lowest BCUT2D eigenvalue weighted by atomic mass is 10.3. The number of hydrogen-bond donors (Lipinski definition) is 0. The van der Waals surface area contributed by atoms with E-state index in [4.69, 9.17) is 4.52 Å². The molecule has 3 aromatic heterocycles. The smallest absolute Gasteiger partial charge is 0.186 e. The molecule has 0 amide bonds. The first-order valence-electron chi connectivity index (χ1n) is 4.87. The lowest BCUT2D eigenvalue weighted by molar-refractivity contribution is 0.431. The van der Waals surface area contributed by atoms with Crippen LogP contribution >= 0.6 is 34.4 Å². The lowest BCUT2D eigenvalue weighted by Gasteiger charge is -1.94. The second kappa shape index (κ2) is 4.64. The maximum atomic E-state index is 5.10. The van der Waals surface area contributed by atoms with Gasteiger partial charge in [0.05, 0.1) is 10.4 Å². The normalized spacial score (nSPS) is 10.9. The van der Waals surface area contributed by atoms with E-state index in [1.165, 1.54) is 9.77 Å². The van der Waals surface area contributed by atoms with Gasteiger partial charge in [0.25, 0.3) is 0 Å². The Hall–Kier alpha value is -1.11. The number of aromatic nitrogens is 2. The molecule has 0 unspecified atom stereocenters. The third-order valence-corrected chi connectivity index (χ3v) is 5.20. The predicted molar refractivity (Wildman–Crippen MR) is 72.7 cm³/mol. The molecule has 3 nitrogen and oxygen atoms in total. The van der Waals surface area contributed by atoms with Crippen LogP contribution < -0.4 is 0 Å². The summed E-state index contributed by atoms with van der Waals surface area (Å²) in [4.78, 5) is 4.58. The predicted octanol–water partition coefficient (Wildman–Crippen LogP) is 4.25. The van der Waals surface area contributed by atoms with Crippen molar-refractivity contribution in [3.63, 3.8) is 0 Å². The SMILES string of the molecule is CSc1sccc1-c1nc(-c2ccno2)cs1. The molecule has 0 aliphatic carbocycles. The molecule has 86 valence electrons. The van der Waals surface area contributed by atoms with E-state index in [1.807, 2.05) is 11.4 Å². The van der Waals surface area contributed by atoms with Crippen molar-refractivity contribution in [3.8, 4) is 22.0 Å². The van der Waals surface area contributed by atoms with E-state index in [0.717, 1.165) is 10.7 Å². The van der Waals surface area contributed by atoms with Crippen molar-refractivity contribution in [2.24, 2.45) is 0 Å². The van der Waals surface area contributed by atoms with Gasteiger partial charge in [-0.3, -0.25) is 0 Å². The van der Waals surface area contributed by atoms with Crippen LogP contribution in [0, 0.1) is 0 Å². The Bertz CT molecular complexity index is 612. The van der Waals surface area contributed by atoms with Gasteiger partial charge in [0.15, 0.2) is 5.76 Å². The maximum Gasteiger partial charge on any atom is 0.186 e. The van der Waals surface area contributed by atoms with Crippen LogP contribution in [-0.2, 0) is 0 Å². The van der Waals surface area contributed by atoms with Crippen molar-refractivity contribution in [1.29, 1.82) is 0 Å². The fourth-order valence-electron chi connectivity index (χ4n) is 1.47. The van der Waals surface area contributed by atoms with E-state index >= 15 is 0 Å². The Morgan fingerprint density at radius 1 is 1.29 bits per heavy atom. The summed E-state index contributed by atoms with van der Waals surface area (Å²) in [6.45, 7) is 0. The van der Waals surface area contributed by atoms with Crippen molar-refractivity contribution in [3.05, 3.63) is 29.1 Å². The van der Waals surface area contributed by atoms with Crippen molar-refractivity contribution in [2.45, 2.75) is 4.21 Å². The largest absolute Gasteiger partial charge is 0.355 e. The highest BCUT2D eigenvalue weighted by molar-refractivity contribution is 8.00. The van der Waals surface area contributed by atoms with Gasteiger partial charge in [-0.1, -0.05) is 5.16 Å². The van der Waals surface area contributed by atoms with Crippen molar-refractivity contribution >= 4 is 34.4 Å². The molecule has 0 atom stereocenters. The van der Waals surface area contributed by atoms with Gasteiger partial charge in [-0.2, -0.15) is 0 Å². The zero-order chi connectivity index (χ0) is 11.7. The van der Waals surface area contributed by atoms with Crippen LogP contribution in [0.25, 0.3) is 22.0 Å². The Labute approximate surface area is 110 Å². The van der Waals surface area contributed by atoms with Crippen molar-refractivity contribution in [2.75, 3.05) is 6.26 Å². The molecule has 0 spiro atoms. The van der Waals surface area contributed by atoms with Crippen LogP contribution in [-0.4, -0.2) is 16.4 Å². The van der Waals surface area contributed by atoms with Crippen LogP contribution in [0.3, 0.4) is 0 Å². The van der Waals surface area contributed by atoms with Crippen LogP contribution in [0.4, 0.5) is 0 Å². The standard InChI is InChI=1S/C11H8N2OS3/c1-15-11-7(3-5-16-11)10-13-8(6-17-10)9-2-4-12-14-9/h2-6H,1H3. The first-order chi connectivity index (χ1) is 8.38. The first-order valence-corrected chi connectivity index (χ1v) is 7.85. The van der Waals surface area contributed by atoms with Crippen LogP contribution in [0.15, 0.2) is 37.8 Å². The van der Waals surface area contributed by atoms with Crippen molar-refractivity contribution in [1.82, 2.24) is 10.1 Å². The van der Waals surface area contributed by atoms with Gasteiger partial charge in [0.2, 0.25) is 0 Å². The summed E-state index contributed by atoms with van der Waals surface area (Å²) in [7, 11) is 0. The molecule has 0 N–H and O–H groups in total. The molecule has 3 heterocycles. The summed E-state index contributed by atoms with van der Waals surface area (Å²) in [5.41, 5.74) is 2.05. The molecule has 3 aromatic rings. The van der Waals surface area contributed by atoms with E-state index in [9.17, 15) is 0 Å². The quantitative estimate of drug-likeness (QED) is 0.672. The first kappa shape index (κ1) is 11.0. The molecule has 0 saturated carbocycles. The fourth-order valence-corrected chi connectivity index (χ4v) is 4.00.